The highest BCUT2D eigenvalue weighted by Crippen LogP contribution is 2.31. The van der Waals surface area contributed by atoms with Crippen molar-refractivity contribution < 1.29 is 4.79 Å². The molecule has 0 aromatic rings. The van der Waals surface area contributed by atoms with Gasteiger partial charge >= 0.3 is 0 Å². The number of nitrogens with one attached hydrogen (secondary N) is 2. The molecule has 2 heterocycles. The minimum atomic E-state index is 0.284. The average molecular weight is 390 g/mol. The molecule has 4 fully saturated rings. The third kappa shape index (κ3) is 5.19. The Morgan fingerprint density at radius 1 is 1.00 bits per heavy atom. The maximum atomic E-state index is 12.8. The lowest BCUT2D eigenvalue weighted by Gasteiger charge is -2.26. The van der Waals surface area contributed by atoms with E-state index in [1.54, 1.807) is 0 Å². The zero-order valence-corrected chi connectivity index (χ0v) is 17.7. The predicted octanol–water partition coefficient (Wildman–Crippen LogP) is 2.21. The lowest BCUT2D eigenvalue weighted by molar-refractivity contribution is -0.135. The predicted molar refractivity (Wildman–Crippen MR) is 113 cm³/mol. The number of hydrogen-bond acceptors (Lipinski definition) is 3. The van der Waals surface area contributed by atoms with E-state index >= 15 is 0 Å². The van der Waals surface area contributed by atoms with Gasteiger partial charge in [0.1, 0.15) is 0 Å². The molecular formula is C22H39N5O. The van der Waals surface area contributed by atoms with Gasteiger partial charge in [-0.15, -0.1) is 0 Å². The average Bonchev–Trinajstić information content (AvgIpc) is 3.28. The monoisotopic (exact) mass is 389 g/mol. The van der Waals surface area contributed by atoms with E-state index in [1.165, 1.54) is 51.6 Å². The van der Waals surface area contributed by atoms with Crippen molar-refractivity contribution in [3.05, 3.63) is 0 Å². The van der Waals surface area contributed by atoms with Crippen molar-refractivity contribution in [2.24, 2.45) is 16.8 Å². The summed E-state index contributed by atoms with van der Waals surface area (Å²) in [6.07, 6.45) is 11.1. The largest absolute Gasteiger partial charge is 0.357 e. The molecule has 0 aromatic heterocycles. The van der Waals surface area contributed by atoms with Gasteiger partial charge in [-0.25, -0.2) is 0 Å². The molecule has 2 N–H and O–H groups in total. The van der Waals surface area contributed by atoms with E-state index in [0.717, 1.165) is 57.4 Å². The number of guanidine groups is 1. The Balaban J connectivity index is 1.24. The molecule has 6 heteroatoms. The minimum Gasteiger partial charge on any atom is -0.357 e. The molecule has 4 aliphatic rings. The van der Waals surface area contributed by atoms with Crippen molar-refractivity contribution in [2.75, 3.05) is 39.3 Å². The van der Waals surface area contributed by atoms with Gasteiger partial charge in [0.25, 0.3) is 0 Å². The molecule has 1 amide bonds. The summed E-state index contributed by atoms with van der Waals surface area (Å²) >= 11 is 0. The molecule has 2 aliphatic heterocycles. The number of nitrogens with zero attached hydrogens (tertiary/aromatic N) is 3. The van der Waals surface area contributed by atoms with E-state index in [4.69, 9.17) is 4.99 Å². The van der Waals surface area contributed by atoms with Gasteiger partial charge in [0, 0.05) is 50.7 Å². The first-order chi connectivity index (χ1) is 13.7. The number of carbonyl (C=O) groups excluding carboxylic acids is 1. The van der Waals surface area contributed by atoms with Crippen LogP contribution >= 0.6 is 0 Å². The number of likely N-dealkylation sites (tertiary alicyclic amines) is 2. The highest BCUT2D eigenvalue weighted by Gasteiger charge is 2.34. The van der Waals surface area contributed by atoms with Crippen LogP contribution in [0.2, 0.25) is 0 Å². The Labute approximate surface area is 170 Å². The van der Waals surface area contributed by atoms with Crippen LogP contribution in [0.1, 0.15) is 64.7 Å². The Bertz CT molecular complexity index is 555. The first kappa shape index (κ1) is 20.0. The summed E-state index contributed by atoms with van der Waals surface area (Å²) in [6.45, 7) is 8.12. The van der Waals surface area contributed by atoms with Crippen molar-refractivity contribution in [2.45, 2.75) is 76.8 Å². The SMILES string of the molecule is CCNC(=NCC1CCN(C2CC2)C1)NC1CCN(C(=O)C2CCCCC2)C1. The molecule has 4 rings (SSSR count). The molecule has 0 spiro atoms. The number of aliphatic imine (C=N–C) groups is 1. The molecule has 2 atom stereocenters. The molecule has 0 aromatic carbocycles. The summed E-state index contributed by atoms with van der Waals surface area (Å²) in [7, 11) is 0. The van der Waals surface area contributed by atoms with E-state index in [2.05, 4.69) is 27.4 Å². The molecule has 2 saturated carbocycles. The molecule has 2 unspecified atom stereocenters. The second-order valence-corrected chi connectivity index (χ2v) is 9.35. The van der Waals surface area contributed by atoms with Gasteiger partial charge in [0.05, 0.1) is 0 Å². The lowest BCUT2D eigenvalue weighted by atomic mass is 9.88. The van der Waals surface area contributed by atoms with Crippen molar-refractivity contribution >= 4 is 11.9 Å². The van der Waals surface area contributed by atoms with Crippen LogP contribution in [0.15, 0.2) is 4.99 Å². The zero-order chi connectivity index (χ0) is 19.3. The van der Waals surface area contributed by atoms with Crippen LogP contribution in [0.25, 0.3) is 0 Å². The molecule has 158 valence electrons. The van der Waals surface area contributed by atoms with Gasteiger partial charge in [0.2, 0.25) is 5.91 Å². The molecule has 2 aliphatic carbocycles. The van der Waals surface area contributed by atoms with Gasteiger partial charge in [-0.3, -0.25) is 9.79 Å². The second kappa shape index (κ2) is 9.47. The van der Waals surface area contributed by atoms with Crippen LogP contribution in [0.3, 0.4) is 0 Å². The number of amides is 1. The molecular weight excluding hydrogens is 350 g/mol. The first-order valence-electron chi connectivity index (χ1n) is 11.8. The van der Waals surface area contributed by atoms with Crippen LogP contribution in [-0.2, 0) is 4.79 Å². The van der Waals surface area contributed by atoms with E-state index in [9.17, 15) is 4.79 Å². The van der Waals surface area contributed by atoms with E-state index < -0.39 is 0 Å². The standard InChI is InChI=1S/C22H39N5O/c1-2-23-22(24-14-17-10-12-26(15-17)20-8-9-20)25-19-11-13-27(16-19)21(28)18-6-4-3-5-7-18/h17-20H,2-16H2,1H3,(H2,23,24,25). The molecule has 0 bridgehead atoms. The Morgan fingerprint density at radius 3 is 2.57 bits per heavy atom. The van der Waals surface area contributed by atoms with E-state index in [1.807, 2.05) is 0 Å². The van der Waals surface area contributed by atoms with Gasteiger partial charge in [-0.05, 0) is 57.9 Å². The molecule has 28 heavy (non-hydrogen) atoms. The van der Waals surface area contributed by atoms with Crippen LogP contribution in [0.5, 0.6) is 0 Å². The number of hydrogen-bond donors (Lipinski definition) is 2. The molecule has 2 saturated heterocycles. The van der Waals surface area contributed by atoms with Crippen LogP contribution < -0.4 is 10.6 Å². The summed E-state index contributed by atoms with van der Waals surface area (Å²) in [5, 5.41) is 7.02. The molecule has 6 nitrogen and oxygen atoms in total. The topological polar surface area (TPSA) is 60.0 Å². The summed E-state index contributed by atoms with van der Waals surface area (Å²) in [5.74, 6) is 2.32. The van der Waals surface area contributed by atoms with Crippen LogP contribution in [0, 0.1) is 11.8 Å². The van der Waals surface area contributed by atoms with E-state index in [0.29, 0.717) is 17.9 Å². The molecule has 0 radical (unpaired) electrons. The maximum Gasteiger partial charge on any atom is 0.225 e. The fourth-order valence-corrected chi connectivity index (χ4v) is 5.20. The van der Waals surface area contributed by atoms with Crippen molar-refractivity contribution in [1.82, 2.24) is 20.4 Å². The Hall–Kier alpha value is -1.30. The Morgan fingerprint density at radius 2 is 1.82 bits per heavy atom. The van der Waals surface area contributed by atoms with Crippen molar-refractivity contribution in [3.63, 3.8) is 0 Å². The van der Waals surface area contributed by atoms with Gasteiger partial charge < -0.3 is 20.4 Å². The fraction of sp³-hybridized carbons (Fsp3) is 0.909. The van der Waals surface area contributed by atoms with Gasteiger partial charge in [-0.1, -0.05) is 19.3 Å². The number of rotatable bonds is 6. The maximum absolute atomic E-state index is 12.8. The Kier molecular flexibility index (Phi) is 6.76. The zero-order valence-electron chi connectivity index (χ0n) is 17.7. The summed E-state index contributed by atoms with van der Waals surface area (Å²) in [4.78, 5) is 22.5. The fourth-order valence-electron chi connectivity index (χ4n) is 5.20. The number of carbonyl (C=O) groups is 1. The smallest absolute Gasteiger partial charge is 0.225 e. The minimum absolute atomic E-state index is 0.284. The third-order valence-electron chi connectivity index (χ3n) is 7.03. The lowest BCUT2D eigenvalue weighted by Crippen LogP contribution is -2.45. The third-order valence-corrected chi connectivity index (χ3v) is 7.03. The van der Waals surface area contributed by atoms with Gasteiger partial charge in [0.15, 0.2) is 5.96 Å². The van der Waals surface area contributed by atoms with Gasteiger partial charge in [-0.2, -0.15) is 0 Å². The second-order valence-electron chi connectivity index (χ2n) is 9.35. The van der Waals surface area contributed by atoms with E-state index in [-0.39, 0.29) is 5.92 Å². The van der Waals surface area contributed by atoms with Crippen LogP contribution in [0.4, 0.5) is 0 Å². The highest BCUT2D eigenvalue weighted by atomic mass is 16.2. The van der Waals surface area contributed by atoms with Crippen LogP contribution in [-0.4, -0.2) is 73.0 Å². The normalized spacial score (nSPS) is 30.0. The summed E-state index contributed by atoms with van der Waals surface area (Å²) in [5.41, 5.74) is 0. The highest BCUT2D eigenvalue weighted by molar-refractivity contribution is 5.81. The quantitative estimate of drug-likeness (QED) is 0.540. The summed E-state index contributed by atoms with van der Waals surface area (Å²) in [6, 6.07) is 1.21. The summed E-state index contributed by atoms with van der Waals surface area (Å²) < 4.78 is 0. The van der Waals surface area contributed by atoms with Crippen molar-refractivity contribution in [1.29, 1.82) is 0 Å². The first-order valence-corrected chi connectivity index (χ1v) is 11.8. The van der Waals surface area contributed by atoms with Crippen molar-refractivity contribution in [3.8, 4) is 0 Å².